The number of nitrogens with one attached hydrogen (secondary N) is 2. The maximum absolute atomic E-state index is 11.9. The molecule has 7 heteroatoms. The molecule has 1 unspecified atom stereocenters. The fourth-order valence-corrected chi connectivity index (χ4v) is 4.36. The van der Waals surface area contributed by atoms with Crippen LogP contribution in [0.1, 0.15) is 35.4 Å². The van der Waals surface area contributed by atoms with E-state index in [0.29, 0.717) is 29.4 Å². The van der Waals surface area contributed by atoms with E-state index in [1.54, 1.807) is 12.1 Å². The van der Waals surface area contributed by atoms with E-state index < -0.39 is 6.09 Å². The molecule has 1 saturated heterocycles. The highest BCUT2D eigenvalue weighted by atomic mass is 16.5. The Bertz CT molecular complexity index is 1130. The molecule has 32 heavy (non-hydrogen) atoms. The van der Waals surface area contributed by atoms with Crippen LogP contribution in [-0.2, 0) is 18.0 Å². The van der Waals surface area contributed by atoms with Crippen LogP contribution in [-0.4, -0.2) is 29.3 Å². The van der Waals surface area contributed by atoms with Crippen LogP contribution in [0.15, 0.2) is 54.6 Å². The van der Waals surface area contributed by atoms with E-state index in [1.165, 1.54) is 0 Å². The van der Waals surface area contributed by atoms with E-state index in [0.717, 1.165) is 42.6 Å². The fraction of sp³-hybridized carbons (Fsp3) is 0.280. The number of phenolic OH excluding ortho intramolecular Hbond substituents is 1. The van der Waals surface area contributed by atoms with Crippen LogP contribution in [0.2, 0.25) is 0 Å². The first-order valence-corrected chi connectivity index (χ1v) is 10.9. The minimum absolute atomic E-state index is 0.0779. The molecule has 0 bridgehead atoms. The van der Waals surface area contributed by atoms with Gasteiger partial charge in [0.05, 0.1) is 11.3 Å². The smallest absolute Gasteiger partial charge is 0.413 e. The monoisotopic (exact) mass is 431 g/mol. The normalized spacial score (nSPS) is 17.8. The molecule has 3 heterocycles. The summed E-state index contributed by atoms with van der Waals surface area (Å²) in [7, 11) is 0. The number of benzene rings is 2. The second kappa shape index (κ2) is 8.88. The second-order valence-electron chi connectivity index (χ2n) is 8.09. The molecule has 2 aliphatic heterocycles. The molecule has 2 aliphatic rings. The van der Waals surface area contributed by atoms with Gasteiger partial charge in [0.1, 0.15) is 30.5 Å². The van der Waals surface area contributed by atoms with Crippen molar-refractivity contribution in [2.24, 2.45) is 0 Å². The zero-order valence-electron chi connectivity index (χ0n) is 17.6. The third-order valence-corrected chi connectivity index (χ3v) is 5.96. The van der Waals surface area contributed by atoms with Crippen molar-refractivity contribution in [3.8, 4) is 22.8 Å². The highest BCUT2D eigenvalue weighted by molar-refractivity contribution is 5.88. The number of amides is 1. The Morgan fingerprint density at radius 1 is 1.16 bits per heavy atom. The van der Waals surface area contributed by atoms with Crippen molar-refractivity contribution in [3.63, 3.8) is 0 Å². The number of carbonyl (C=O) groups excluding carboxylic acids is 1. The Kier molecular flexibility index (Phi) is 5.64. The number of anilines is 1. The van der Waals surface area contributed by atoms with E-state index in [4.69, 9.17) is 14.5 Å². The van der Waals surface area contributed by atoms with E-state index in [-0.39, 0.29) is 18.3 Å². The van der Waals surface area contributed by atoms with Crippen molar-refractivity contribution in [2.75, 3.05) is 18.4 Å². The molecule has 3 N–H and O–H groups in total. The van der Waals surface area contributed by atoms with Crippen molar-refractivity contribution < 1.29 is 19.4 Å². The predicted octanol–water partition coefficient (Wildman–Crippen LogP) is 4.56. The van der Waals surface area contributed by atoms with Crippen molar-refractivity contribution >= 4 is 11.9 Å². The average molecular weight is 431 g/mol. The van der Waals surface area contributed by atoms with Gasteiger partial charge >= 0.3 is 6.09 Å². The summed E-state index contributed by atoms with van der Waals surface area (Å²) in [6.45, 7) is 2.41. The van der Waals surface area contributed by atoms with Gasteiger partial charge in [-0.2, -0.15) is 0 Å². The number of hydrogen-bond donors (Lipinski definition) is 3. The topological polar surface area (TPSA) is 92.7 Å². The van der Waals surface area contributed by atoms with Crippen LogP contribution in [0.3, 0.4) is 0 Å². The zero-order chi connectivity index (χ0) is 21.9. The van der Waals surface area contributed by atoms with E-state index >= 15 is 0 Å². The summed E-state index contributed by atoms with van der Waals surface area (Å²) in [6.07, 6.45) is 1.59. The highest BCUT2D eigenvalue weighted by Gasteiger charge is 2.28. The first kappa shape index (κ1) is 20.3. The van der Waals surface area contributed by atoms with Crippen molar-refractivity contribution in [1.82, 2.24) is 10.3 Å². The molecule has 0 aliphatic carbocycles. The number of ether oxygens (including phenoxy) is 2. The Hall–Kier alpha value is -3.58. The lowest BCUT2D eigenvalue weighted by atomic mass is 9.87. The molecular weight excluding hydrogens is 406 g/mol. The molecular formula is C25H25N3O4. The molecule has 1 fully saturated rings. The number of carbonyl (C=O) groups is 1. The van der Waals surface area contributed by atoms with E-state index in [9.17, 15) is 9.90 Å². The van der Waals surface area contributed by atoms with E-state index in [2.05, 4.69) is 10.6 Å². The van der Waals surface area contributed by atoms with Gasteiger partial charge in [0.15, 0.2) is 0 Å². The number of phenols is 1. The quantitative estimate of drug-likeness (QED) is 0.548. The van der Waals surface area contributed by atoms with E-state index in [1.807, 2.05) is 42.5 Å². The minimum Gasteiger partial charge on any atom is -0.507 e. The number of pyridine rings is 1. The van der Waals surface area contributed by atoms with Gasteiger partial charge in [-0.15, -0.1) is 0 Å². The Morgan fingerprint density at radius 3 is 2.84 bits per heavy atom. The number of nitrogens with zero attached hydrogens (tertiary/aromatic N) is 1. The number of cyclic esters (lactones) is 1. The maximum atomic E-state index is 11.9. The van der Waals surface area contributed by atoms with Crippen molar-refractivity contribution in [1.29, 1.82) is 0 Å². The Labute approximate surface area is 186 Å². The molecule has 3 aromatic rings. The standard InChI is InChI=1S/C25H25N3O4/c29-21-9-4-10-22(31-14-16-6-2-1-3-7-16)23(21)20-12-18(17-8-5-11-26-13-17)19-15-32-25(30)28-24(19)27-20/h1-4,6-7,9-10,12,17,26,29H,5,8,11,13-15H2,(H,27,28,30). The predicted molar refractivity (Wildman–Crippen MR) is 121 cm³/mol. The third-order valence-electron chi connectivity index (χ3n) is 5.96. The van der Waals surface area contributed by atoms with Gasteiger partial charge in [0, 0.05) is 12.1 Å². The summed E-state index contributed by atoms with van der Waals surface area (Å²) in [5, 5.41) is 16.9. The van der Waals surface area contributed by atoms with Gasteiger partial charge in [0.2, 0.25) is 0 Å². The third kappa shape index (κ3) is 4.11. The summed E-state index contributed by atoms with van der Waals surface area (Å²) < 4.78 is 11.3. The summed E-state index contributed by atoms with van der Waals surface area (Å²) in [6, 6.07) is 17.1. The van der Waals surface area contributed by atoms with Crippen LogP contribution >= 0.6 is 0 Å². The number of fused-ring (bicyclic) bond motifs is 1. The summed E-state index contributed by atoms with van der Waals surface area (Å²) in [5.41, 5.74) is 4.07. The van der Waals surface area contributed by atoms with Gasteiger partial charge in [-0.3, -0.25) is 5.32 Å². The SMILES string of the molecule is O=C1Nc2nc(-c3c(O)cccc3OCc3ccccc3)cc(C3CCCNC3)c2CO1. The lowest BCUT2D eigenvalue weighted by molar-refractivity contribution is 0.150. The number of aromatic hydroxyl groups is 1. The van der Waals surface area contributed by atoms with Gasteiger partial charge in [0.25, 0.3) is 0 Å². The average Bonchev–Trinajstić information content (AvgIpc) is 2.83. The van der Waals surface area contributed by atoms with Gasteiger partial charge in [-0.1, -0.05) is 36.4 Å². The van der Waals surface area contributed by atoms with Gasteiger partial charge in [-0.25, -0.2) is 9.78 Å². The zero-order valence-corrected chi connectivity index (χ0v) is 17.6. The molecule has 7 nitrogen and oxygen atoms in total. The molecule has 5 rings (SSSR count). The Morgan fingerprint density at radius 2 is 2.03 bits per heavy atom. The summed E-state index contributed by atoms with van der Waals surface area (Å²) in [5.74, 6) is 1.37. The number of piperidine rings is 1. The summed E-state index contributed by atoms with van der Waals surface area (Å²) in [4.78, 5) is 16.6. The molecule has 2 aromatic carbocycles. The number of aromatic nitrogens is 1. The molecule has 1 atom stereocenters. The van der Waals surface area contributed by atoms with Crippen LogP contribution in [0.25, 0.3) is 11.3 Å². The summed E-state index contributed by atoms with van der Waals surface area (Å²) >= 11 is 0. The lowest BCUT2D eigenvalue weighted by Gasteiger charge is -2.28. The van der Waals surface area contributed by atoms with Crippen LogP contribution in [0.4, 0.5) is 10.6 Å². The largest absolute Gasteiger partial charge is 0.507 e. The number of rotatable bonds is 5. The van der Waals surface area contributed by atoms with Crippen LogP contribution in [0.5, 0.6) is 11.5 Å². The molecule has 0 spiro atoms. The molecule has 1 aromatic heterocycles. The van der Waals surface area contributed by atoms with Crippen molar-refractivity contribution in [2.45, 2.75) is 32.0 Å². The van der Waals surface area contributed by atoms with Gasteiger partial charge in [-0.05, 0) is 54.6 Å². The Balaban J connectivity index is 1.57. The number of hydrogen-bond acceptors (Lipinski definition) is 6. The molecule has 1 amide bonds. The fourth-order valence-electron chi connectivity index (χ4n) is 4.36. The molecule has 0 saturated carbocycles. The van der Waals surface area contributed by atoms with Crippen LogP contribution in [0, 0.1) is 0 Å². The van der Waals surface area contributed by atoms with Crippen LogP contribution < -0.4 is 15.4 Å². The minimum atomic E-state index is -0.521. The van der Waals surface area contributed by atoms with Crippen molar-refractivity contribution in [3.05, 3.63) is 71.3 Å². The second-order valence-corrected chi connectivity index (χ2v) is 8.09. The lowest BCUT2D eigenvalue weighted by Crippen LogP contribution is -2.30. The first-order chi connectivity index (χ1) is 15.7. The molecule has 164 valence electrons. The highest BCUT2D eigenvalue weighted by Crippen LogP contribution is 2.41. The first-order valence-electron chi connectivity index (χ1n) is 10.9. The van der Waals surface area contributed by atoms with Gasteiger partial charge < -0.3 is 19.9 Å². The molecule has 0 radical (unpaired) electrons. The maximum Gasteiger partial charge on any atom is 0.413 e.